The van der Waals surface area contributed by atoms with Crippen molar-refractivity contribution in [3.63, 3.8) is 0 Å². The van der Waals surface area contributed by atoms with Crippen molar-refractivity contribution in [2.24, 2.45) is 5.92 Å². The van der Waals surface area contributed by atoms with Crippen molar-refractivity contribution in [2.45, 2.75) is 20.3 Å². The van der Waals surface area contributed by atoms with Crippen LogP contribution in [0, 0.1) is 9.49 Å². The average Bonchev–Trinajstić information content (AvgIpc) is 2.55. The van der Waals surface area contributed by atoms with Gasteiger partial charge in [-0.3, -0.25) is 9.59 Å². The van der Waals surface area contributed by atoms with Gasteiger partial charge >= 0.3 is 0 Å². The molecule has 0 atom stereocenters. The second-order valence-corrected chi connectivity index (χ2v) is 7.19. The first-order chi connectivity index (χ1) is 11.9. The third-order valence-corrected chi connectivity index (χ3v) is 4.28. The van der Waals surface area contributed by atoms with E-state index in [0.29, 0.717) is 29.3 Å². The van der Waals surface area contributed by atoms with Gasteiger partial charge in [0, 0.05) is 23.4 Å². The van der Waals surface area contributed by atoms with E-state index in [2.05, 4.69) is 33.2 Å². The van der Waals surface area contributed by atoms with Gasteiger partial charge in [0.25, 0.3) is 5.91 Å². The minimum atomic E-state index is -0.197. The van der Waals surface area contributed by atoms with Gasteiger partial charge in [0.15, 0.2) is 0 Å². The topological polar surface area (TPSA) is 67.4 Å². The summed E-state index contributed by atoms with van der Waals surface area (Å²) in [5.41, 5.74) is 1.93. The molecule has 6 heteroatoms. The van der Waals surface area contributed by atoms with Crippen molar-refractivity contribution < 1.29 is 14.3 Å². The van der Waals surface area contributed by atoms with Crippen LogP contribution in [-0.2, 0) is 4.79 Å². The Balaban J connectivity index is 1.99. The molecule has 132 valence electrons. The van der Waals surface area contributed by atoms with E-state index < -0.39 is 0 Å². The normalized spacial score (nSPS) is 10.4. The highest BCUT2D eigenvalue weighted by molar-refractivity contribution is 14.1. The molecule has 0 radical (unpaired) electrons. The molecule has 0 aromatic heterocycles. The Morgan fingerprint density at radius 2 is 1.64 bits per heavy atom. The van der Waals surface area contributed by atoms with Crippen LogP contribution in [0.1, 0.15) is 30.6 Å². The molecule has 0 aliphatic rings. The quantitative estimate of drug-likeness (QED) is 0.633. The second-order valence-electron chi connectivity index (χ2n) is 6.03. The van der Waals surface area contributed by atoms with Crippen LogP contribution < -0.4 is 15.4 Å². The SMILES string of the molecule is COc1ccc(C(=O)Nc2ccc(NC(=O)CC(C)C)cc2)cc1I. The fraction of sp³-hybridized carbons (Fsp3) is 0.263. The van der Waals surface area contributed by atoms with Gasteiger partial charge < -0.3 is 15.4 Å². The number of amides is 2. The summed E-state index contributed by atoms with van der Waals surface area (Å²) in [5.74, 6) is 0.834. The molecule has 0 bridgehead atoms. The van der Waals surface area contributed by atoms with E-state index in [0.717, 1.165) is 9.32 Å². The number of nitrogens with one attached hydrogen (secondary N) is 2. The molecule has 5 nitrogen and oxygen atoms in total. The van der Waals surface area contributed by atoms with Crippen molar-refractivity contribution in [3.05, 3.63) is 51.6 Å². The Morgan fingerprint density at radius 3 is 2.16 bits per heavy atom. The zero-order chi connectivity index (χ0) is 18.4. The van der Waals surface area contributed by atoms with Crippen LogP contribution in [0.15, 0.2) is 42.5 Å². The zero-order valence-electron chi connectivity index (χ0n) is 14.4. The van der Waals surface area contributed by atoms with Gasteiger partial charge in [-0.2, -0.15) is 0 Å². The standard InChI is InChI=1S/C19H21IN2O3/c1-12(2)10-18(23)21-14-5-7-15(8-6-14)22-19(24)13-4-9-17(25-3)16(20)11-13/h4-9,11-12H,10H2,1-3H3,(H,21,23)(H,22,24). The molecule has 2 rings (SSSR count). The number of halogens is 1. The van der Waals surface area contributed by atoms with Crippen molar-refractivity contribution in [1.29, 1.82) is 0 Å². The fourth-order valence-electron chi connectivity index (χ4n) is 2.23. The summed E-state index contributed by atoms with van der Waals surface area (Å²) in [6.45, 7) is 4.00. The smallest absolute Gasteiger partial charge is 0.255 e. The van der Waals surface area contributed by atoms with Gasteiger partial charge in [0.05, 0.1) is 10.7 Å². The van der Waals surface area contributed by atoms with Crippen LogP contribution in [0.4, 0.5) is 11.4 Å². The lowest BCUT2D eigenvalue weighted by atomic mass is 10.1. The van der Waals surface area contributed by atoms with Crippen LogP contribution in [0.2, 0.25) is 0 Å². The molecule has 0 heterocycles. The molecule has 0 aliphatic heterocycles. The number of rotatable bonds is 6. The average molecular weight is 452 g/mol. The maximum absolute atomic E-state index is 12.3. The summed E-state index contributed by atoms with van der Waals surface area (Å²) in [6.07, 6.45) is 0.481. The molecule has 25 heavy (non-hydrogen) atoms. The molecule has 2 aromatic carbocycles. The van der Waals surface area contributed by atoms with Gasteiger partial charge in [0.2, 0.25) is 5.91 Å². The Kier molecular flexibility index (Phi) is 6.81. The molecule has 0 aliphatic carbocycles. The molecule has 0 saturated carbocycles. The van der Waals surface area contributed by atoms with E-state index in [1.54, 1.807) is 49.6 Å². The van der Waals surface area contributed by atoms with E-state index in [-0.39, 0.29) is 11.8 Å². The van der Waals surface area contributed by atoms with E-state index in [4.69, 9.17) is 4.74 Å². The van der Waals surface area contributed by atoms with Gasteiger partial charge in [-0.1, -0.05) is 13.8 Å². The summed E-state index contributed by atoms with van der Waals surface area (Å²) < 4.78 is 6.06. The number of ether oxygens (including phenoxy) is 1. The first kappa shape index (κ1) is 19.2. The van der Waals surface area contributed by atoms with E-state index in [1.807, 2.05) is 13.8 Å². The molecular formula is C19H21IN2O3. The molecular weight excluding hydrogens is 431 g/mol. The predicted octanol–water partition coefficient (Wildman–Crippen LogP) is 4.54. The molecule has 0 saturated heterocycles. The minimum absolute atomic E-state index is 0.0143. The monoisotopic (exact) mass is 452 g/mol. The lowest BCUT2D eigenvalue weighted by Crippen LogP contribution is -2.14. The highest BCUT2D eigenvalue weighted by Gasteiger charge is 2.10. The Morgan fingerprint density at radius 1 is 1.04 bits per heavy atom. The molecule has 0 spiro atoms. The van der Waals surface area contributed by atoms with Crippen molar-refractivity contribution >= 4 is 45.8 Å². The van der Waals surface area contributed by atoms with Gasteiger partial charge in [-0.25, -0.2) is 0 Å². The summed E-state index contributed by atoms with van der Waals surface area (Å²) in [4.78, 5) is 24.1. The van der Waals surface area contributed by atoms with Crippen LogP contribution >= 0.6 is 22.6 Å². The lowest BCUT2D eigenvalue weighted by molar-refractivity contribution is -0.116. The van der Waals surface area contributed by atoms with Crippen LogP contribution in [0.3, 0.4) is 0 Å². The number of methoxy groups -OCH3 is 1. The summed E-state index contributed by atoms with van der Waals surface area (Å²) in [5, 5.41) is 5.68. The van der Waals surface area contributed by atoms with E-state index in [9.17, 15) is 9.59 Å². The number of hydrogen-bond acceptors (Lipinski definition) is 3. The Bertz CT molecular complexity index is 758. The number of hydrogen-bond donors (Lipinski definition) is 2. The minimum Gasteiger partial charge on any atom is -0.496 e. The summed E-state index contributed by atoms with van der Waals surface area (Å²) >= 11 is 2.13. The molecule has 2 aromatic rings. The van der Waals surface area contributed by atoms with Crippen LogP contribution in [0.25, 0.3) is 0 Å². The Hall–Kier alpha value is -2.09. The first-order valence-corrected chi connectivity index (χ1v) is 9.01. The largest absolute Gasteiger partial charge is 0.496 e. The molecule has 0 fully saturated rings. The number of carbonyl (C=O) groups is 2. The summed E-state index contributed by atoms with van der Waals surface area (Å²) in [7, 11) is 1.60. The van der Waals surface area contributed by atoms with Crippen LogP contribution in [-0.4, -0.2) is 18.9 Å². The summed E-state index contributed by atoms with van der Waals surface area (Å²) in [6, 6.07) is 12.3. The maximum atomic E-state index is 12.3. The second kappa shape index (κ2) is 8.84. The highest BCUT2D eigenvalue weighted by Crippen LogP contribution is 2.22. The zero-order valence-corrected chi connectivity index (χ0v) is 16.6. The van der Waals surface area contributed by atoms with Crippen molar-refractivity contribution in [2.75, 3.05) is 17.7 Å². The molecule has 2 amide bonds. The molecule has 0 unspecified atom stereocenters. The predicted molar refractivity (Wildman–Crippen MR) is 108 cm³/mol. The third-order valence-electron chi connectivity index (χ3n) is 3.43. The number of carbonyl (C=O) groups excluding carboxylic acids is 2. The van der Waals surface area contributed by atoms with E-state index in [1.165, 1.54) is 0 Å². The van der Waals surface area contributed by atoms with Gasteiger partial charge in [-0.15, -0.1) is 0 Å². The lowest BCUT2D eigenvalue weighted by Gasteiger charge is -2.10. The maximum Gasteiger partial charge on any atom is 0.255 e. The highest BCUT2D eigenvalue weighted by atomic mass is 127. The fourth-order valence-corrected chi connectivity index (χ4v) is 2.97. The van der Waals surface area contributed by atoms with Crippen LogP contribution in [0.5, 0.6) is 5.75 Å². The van der Waals surface area contributed by atoms with Gasteiger partial charge in [-0.05, 0) is 71.0 Å². The first-order valence-electron chi connectivity index (χ1n) is 7.94. The van der Waals surface area contributed by atoms with Gasteiger partial charge in [0.1, 0.15) is 5.75 Å². The van der Waals surface area contributed by atoms with Crippen molar-refractivity contribution in [1.82, 2.24) is 0 Å². The third kappa shape index (κ3) is 5.74. The van der Waals surface area contributed by atoms with Crippen molar-refractivity contribution in [3.8, 4) is 5.75 Å². The number of benzene rings is 2. The Labute approximate surface area is 161 Å². The number of anilines is 2. The van der Waals surface area contributed by atoms with E-state index >= 15 is 0 Å². The molecule has 2 N–H and O–H groups in total.